The number of carbonyl (C=O) groups is 2. The Hall–Kier alpha value is -1.55. The van der Waals surface area contributed by atoms with E-state index in [1.807, 2.05) is 0 Å². The van der Waals surface area contributed by atoms with Crippen LogP contribution in [0, 0.1) is 0 Å². The van der Waals surface area contributed by atoms with E-state index in [2.05, 4.69) is 0 Å². The number of rotatable bonds is 2. The van der Waals surface area contributed by atoms with Crippen LogP contribution in [-0.4, -0.2) is 11.9 Å². The number of carbonyl (C=O) groups excluding carboxylic acids is 2. The summed E-state index contributed by atoms with van der Waals surface area (Å²) < 4.78 is 5.08. The topological polar surface area (TPSA) is 69.4 Å². The van der Waals surface area contributed by atoms with Crippen molar-refractivity contribution in [2.75, 3.05) is 0 Å². The van der Waals surface area contributed by atoms with E-state index in [4.69, 9.17) is 22.1 Å². The molecule has 1 aliphatic heterocycles. The van der Waals surface area contributed by atoms with E-state index < -0.39 is 17.5 Å². The van der Waals surface area contributed by atoms with Crippen LogP contribution in [0.4, 0.5) is 0 Å². The van der Waals surface area contributed by atoms with Gasteiger partial charge in [0.2, 0.25) is 5.60 Å². The van der Waals surface area contributed by atoms with E-state index in [0.29, 0.717) is 10.6 Å². The van der Waals surface area contributed by atoms with Crippen LogP contribution in [0.1, 0.15) is 18.4 Å². The first-order valence-electron chi connectivity index (χ1n) is 4.82. The number of cyclic esters (lactones) is 1. The largest absolute Gasteiger partial charge is 0.444 e. The van der Waals surface area contributed by atoms with Gasteiger partial charge in [0.1, 0.15) is 0 Å². The van der Waals surface area contributed by atoms with Gasteiger partial charge in [-0.05, 0) is 12.1 Å². The van der Waals surface area contributed by atoms with E-state index >= 15 is 0 Å². The maximum absolute atomic E-state index is 11.5. The molecule has 84 valence electrons. The molecule has 0 radical (unpaired) electrons. The summed E-state index contributed by atoms with van der Waals surface area (Å²) in [5, 5.41) is 0.549. The molecule has 0 spiro atoms. The average molecular weight is 240 g/mol. The molecule has 0 aromatic heterocycles. The Morgan fingerprint density at radius 1 is 1.38 bits per heavy atom. The first-order valence-corrected chi connectivity index (χ1v) is 5.20. The van der Waals surface area contributed by atoms with Gasteiger partial charge >= 0.3 is 5.97 Å². The minimum absolute atomic E-state index is 0.200. The number of hydrogen-bond donors (Lipinski definition) is 1. The second-order valence-electron chi connectivity index (χ2n) is 3.67. The van der Waals surface area contributed by atoms with Crippen LogP contribution < -0.4 is 5.73 Å². The molecule has 1 atom stereocenters. The number of amides is 1. The van der Waals surface area contributed by atoms with Gasteiger partial charge < -0.3 is 10.5 Å². The molecule has 2 N–H and O–H groups in total. The lowest BCUT2D eigenvalue weighted by Gasteiger charge is -2.24. The third-order valence-corrected chi connectivity index (χ3v) is 2.93. The summed E-state index contributed by atoms with van der Waals surface area (Å²) in [5.41, 5.74) is 4.56. The molecule has 1 aromatic carbocycles. The molecule has 4 nitrogen and oxygen atoms in total. The molecule has 0 saturated carbocycles. The normalized spacial score (nSPS) is 24.2. The van der Waals surface area contributed by atoms with E-state index in [1.54, 1.807) is 24.3 Å². The lowest BCUT2D eigenvalue weighted by atomic mass is 9.90. The summed E-state index contributed by atoms with van der Waals surface area (Å²) in [5.74, 6) is -1.06. The second-order valence-corrected chi connectivity index (χ2v) is 4.11. The van der Waals surface area contributed by atoms with Crippen molar-refractivity contribution in [2.45, 2.75) is 18.4 Å². The third-order valence-electron chi connectivity index (χ3n) is 2.68. The summed E-state index contributed by atoms with van der Waals surface area (Å²) in [6.07, 6.45) is 0.481. The van der Waals surface area contributed by atoms with Crippen LogP contribution >= 0.6 is 11.6 Å². The predicted molar refractivity (Wildman–Crippen MR) is 57.7 cm³/mol. The summed E-state index contributed by atoms with van der Waals surface area (Å²) in [4.78, 5) is 22.6. The Labute approximate surface area is 97.3 Å². The van der Waals surface area contributed by atoms with Crippen molar-refractivity contribution in [1.29, 1.82) is 0 Å². The highest BCUT2D eigenvalue weighted by molar-refractivity contribution is 6.30. The van der Waals surface area contributed by atoms with Crippen LogP contribution in [0.5, 0.6) is 0 Å². The first-order chi connectivity index (χ1) is 7.54. The molecule has 1 unspecified atom stereocenters. The number of nitrogens with two attached hydrogens (primary N) is 1. The van der Waals surface area contributed by atoms with Crippen LogP contribution in [-0.2, 0) is 19.9 Å². The molecule has 0 bridgehead atoms. The van der Waals surface area contributed by atoms with Crippen LogP contribution in [0.2, 0.25) is 5.02 Å². The summed E-state index contributed by atoms with van der Waals surface area (Å²) >= 11 is 5.75. The van der Waals surface area contributed by atoms with Gasteiger partial charge in [0.05, 0.1) is 6.42 Å². The molecule has 5 heteroatoms. The van der Waals surface area contributed by atoms with Crippen LogP contribution in [0.25, 0.3) is 0 Å². The highest BCUT2D eigenvalue weighted by Crippen LogP contribution is 2.36. The molecule has 1 aromatic rings. The zero-order chi connectivity index (χ0) is 11.8. The van der Waals surface area contributed by atoms with Crippen molar-refractivity contribution < 1.29 is 14.3 Å². The molecule has 16 heavy (non-hydrogen) atoms. The van der Waals surface area contributed by atoms with Crippen molar-refractivity contribution in [3.8, 4) is 0 Å². The zero-order valence-corrected chi connectivity index (χ0v) is 9.16. The highest BCUT2D eigenvalue weighted by Gasteiger charge is 2.47. The molecular weight excluding hydrogens is 230 g/mol. The van der Waals surface area contributed by atoms with E-state index in [9.17, 15) is 9.59 Å². The Bertz CT molecular complexity index is 443. The first kappa shape index (κ1) is 11.0. The third kappa shape index (κ3) is 1.65. The molecular formula is C11H10ClNO3. The SMILES string of the molecule is NC(=O)C1(c2ccc(Cl)cc2)CCC(=O)O1. The van der Waals surface area contributed by atoms with Gasteiger partial charge in [-0.15, -0.1) is 0 Å². The summed E-state index contributed by atoms with van der Waals surface area (Å²) in [6, 6.07) is 6.55. The number of hydrogen-bond acceptors (Lipinski definition) is 3. The predicted octanol–water partition coefficient (Wildman–Crippen LogP) is 1.36. The highest BCUT2D eigenvalue weighted by atomic mass is 35.5. The molecule has 2 rings (SSSR count). The second kappa shape index (κ2) is 3.79. The molecule has 1 fully saturated rings. The number of halogens is 1. The molecule has 1 aliphatic rings. The van der Waals surface area contributed by atoms with Crippen molar-refractivity contribution in [3.63, 3.8) is 0 Å². The van der Waals surface area contributed by atoms with Gasteiger partial charge in [-0.2, -0.15) is 0 Å². The summed E-state index contributed by atoms with van der Waals surface area (Å²) in [6.45, 7) is 0. The average Bonchev–Trinajstić information content (AvgIpc) is 2.63. The van der Waals surface area contributed by atoms with E-state index in [0.717, 1.165) is 0 Å². The molecule has 1 amide bonds. The Balaban J connectivity index is 2.44. The fourth-order valence-electron chi connectivity index (χ4n) is 1.81. The van der Waals surface area contributed by atoms with E-state index in [-0.39, 0.29) is 12.8 Å². The van der Waals surface area contributed by atoms with Gasteiger partial charge in [0, 0.05) is 17.0 Å². The number of esters is 1. The fourth-order valence-corrected chi connectivity index (χ4v) is 1.94. The molecule has 1 heterocycles. The maximum Gasteiger partial charge on any atom is 0.307 e. The fraction of sp³-hybridized carbons (Fsp3) is 0.273. The Morgan fingerprint density at radius 2 is 2.00 bits per heavy atom. The van der Waals surface area contributed by atoms with Gasteiger partial charge in [-0.25, -0.2) is 0 Å². The lowest BCUT2D eigenvalue weighted by Crippen LogP contribution is -2.40. The van der Waals surface area contributed by atoms with Crippen molar-refractivity contribution >= 4 is 23.5 Å². The van der Waals surface area contributed by atoms with E-state index in [1.165, 1.54) is 0 Å². The van der Waals surface area contributed by atoms with Gasteiger partial charge in [-0.3, -0.25) is 9.59 Å². The van der Waals surface area contributed by atoms with Gasteiger partial charge in [0.25, 0.3) is 5.91 Å². The van der Waals surface area contributed by atoms with Crippen LogP contribution in [0.3, 0.4) is 0 Å². The number of ether oxygens (including phenoxy) is 1. The minimum atomic E-state index is -1.32. The zero-order valence-electron chi connectivity index (χ0n) is 8.40. The van der Waals surface area contributed by atoms with Crippen molar-refractivity contribution in [2.24, 2.45) is 5.73 Å². The Kier molecular flexibility index (Phi) is 2.59. The molecule has 0 aliphatic carbocycles. The maximum atomic E-state index is 11.5. The number of primary amides is 1. The smallest absolute Gasteiger partial charge is 0.307 e. The molecule has 1 saturated heterocycles. The van der Waals surface area contributed by atoms with Gasteiger partial charge in [-0.1, -0.05) is 23.7 Å². The van der Waals surface area contributed by atoms with Crippen molar-refractivity contribution in [3.05, 3.63) is 34.9 Å². The summed E-state index contributed by atoms with van der Waals surface area (Å²) in [7, 11) is 0. The quantitative estimate of drug-likeness (QED) is 0.793. The standard InChI is InChI=1S/C11H10ClNO3/c12-8-3-1-7(2-4-8)11(10(13)15)6-5-9(14)16-11/h1-4H,5-6H2,(H2,13,15). The van der Waals surface area contributed by atoms with Crippen LogP contribution in [0.15, 0.2) is 24.3 Å². The van der Waals surface area contributed by atoms with Crippen molar-refractivity contribution in [1.82, 2.24) is 0 Å². The Morgan fingerprint density at radius 3 is 2.44 bits per heavy atom. The lowest BCUT2D eigenvalue weighted by molar-refractivity contribution is -0.158. The van der Waals surface area contributed by atoms with Gasteiger partial charge in [0.15, 0.2) is 0 Å². The number of benzene rings is 1. The minimum Gasteiger partial charge on any atom is -0.444 e. The monoisotopic (exact) mass is 239 g/mol.